The van der Waals surface area contributed by atoms with Gasteiger partial charge in [-0.3, -0.25) is 29.0 Å². The summed E-state index contributed by atoms with van der Waals surface area (Å²) in [7, 11) is 1.42. The first-order valence-corrected chi connectivity index (χ1v) is 20.3. The molecule has 0 bridgehead atoms. The topological polar surface area (TPSA) is 199 Å². The van der Waals surface area contributed by atoms with Crippen molar-refractivity contribution in [1.82, 2.24) is 39.5 Å². The van der Waals surface area contributed by atoms with Gasteiger partial charge in [0.05, 0.1) is 32.0 Å². The molecule has 61 heavy (non-hydrogen) atoms. The van der Waals surface area contributed by atoms with E-state index in [1.165, 1.54) is 7.11 Å². The number of piperazine rings is 2. The number of methoxy groups -OCH3 is 1. The number of ether oxygens (including phenoxy) is 1. The quantitative estimate of drug-likeness (QED) is 0.156. The molecule has 4 aliphatic rings. The monoisotopic (exact) mass is 828 g/mol. The number of carboxylic acids is 1. The molecule has 2 aromatic carbocycles. The van der Waals surface area contributed by atoms with E-state index in [-0.39, 0.29) is 54.0 Å². The van der Waals surface area contributed by atoms with Crippen LogP contribution < -0.4 is 28.7 Å². The van der Waals surface area contributed by atoms with Crippen LogP contribution in [0.4, 0.5) is 11.4 Å². The number of carboxylic acid groups (broad SMARTS) is 1. The normalized spacial score (nSPS) is 19.2. The van der Waals surface area contributed by atoms with E-state index in [2.05, 4.69) is 58.9 Å². The number of amides is 2. The number of aliphatic carboxylic acids is 1. The predicted octanol–water partition coefficient (Wildman–Crippen LogP) is -0.687. The Balaban J connectivity index is 0.000000224. The van der Waals surface area contributed by atoms with Gasteiger partial charge >= 0.3 is 30.8 Å². The van der Waals surface area contributed by atoms with Crippen molar-refractivity contribution < 1.29 is 53.4 Å². The summed E-state index contributed by atoms with van der Waals surface area (Å²) in [4.78, 5) is 77.5. The van der Waals surface area contributed by atoms with Crippen molar-refractivity contribution in [2.24, 2.45) is 11.8 Å². The van der Waals surface area contributed by atoms with Crippen LogP contribution in [0.25, 0.3) is 22.8 Å². The van der Waals surface area contributed by atoms with E-state index in [0.717, 1.165) is 67.5 Å². The number of anilines is 2. The Morgan fingerprint density at radius 1 is 0.590 bits per heavy atom. The SMILES string of the molecule is COC(=O)[C@@H]1CCN(CC(=O)N2CCN(c3ccc(-c4ncccn4)cc3)CC2)C1.O=C(O)[C@@H]1CCN(CC(=O)N2CCN(c3ccc(-c4ncccn4)cc3)CC2)C1.[Li+].[OH-]. The molecule has 4 aromatic rings. The average molecular weight is 829 g/mol. The molecule has 18 heteroatoms. The molecule has 2 aromatic heterocycles. The van der Waals surface area contributed by atoms with Gasteiger partial charge in [-0.2, -0.15) is 0 Å². The van der Waals surface area contributed by atoms with Gasteiger partial charge in [-0.05, 0) is 86.6 Å². The zero-order valence-corrected chi connectivity index (χ0v) is 35.0. The van der Waals surface area contributed by atoms with Crippen molar-refractivity contribution in [2.45, 2.75) is 12.8 Å². The molecular weight excluding hydrogens is 775 g/mol. The van der Waals surface area contributed by atoms with Crippen LogP contribution in [-0.4, -0.2) is 173 Å². The Bertz CT molecular complexity index is 2020. The fraction of sp³-hybridized carbons (Fsp3) is 0.442. The molecule has 318 valence electrons. The van der Waals surface area contributed by atoms with Crippen LogP contribution in [0.5, 0.6) is 0 Å². The second kappa shape index (κ2) is 22.4. The van der Waals surface area contributed by atoms with Gasteiger partial charge in [0.25, 0.3) is 0 Å². The number of benzene rings is 2. The third kappa shape index (κ3) is 12.3. The molecule has 6 heterocycles. The minimum atomic E-state index is -0.765. The van der Waals surface area contributed by atoms with Crippen molar-refractivity contribution >= 4 is 35.1 Å². The third-order valence-corrected chi connectivity index (χ3v) is 11.5. The number of hydrogen-bond donors (Lipinski definition) is 1. The summed E-state index contributed by atoms with van der Waals surface area (Å²) in [5.74, 6) is 0.260. The third-order valence-electron chi connectivity index (χ3n) is 11.5. The molecule has 0 unspecified atom stereocenters. The van der Waals surface area contributed by atoms with Crippen LogP contribution in [0.1, 0.15) is 12.8 Å². The molecule has 2 amide bonds. The van der Waals surface area contributed by atoms with Crippen molar-refractivity contribution in [3.8, 4) is 22.8 Å². The zero-order chi connectivity index (χ0) is 41.1. The fourth-order valence-corrected chi connectivity index (χ4v) is 8.06. The second-order valence-electron chi connectivity index (χ2n) is 15.3. The molecular formula is C43H53LiN10O7. The van der Waals surface area contributed by atoms with Crippen LogP contribution in [-0.2, 0) is 23.9 Å². The van der Waals surface area contributed by atoms with Gasteiger partial charge in [-0.15, -0.1) is 0 Å². The number of esters is 1. The molecule has 8 rings (SSSR count). The molecule has 0 saturated carbocycles. The smallest absolute Gasteiger partial charge is 0.870 e. The molecule has 0 aliphatic carbocycles. The Kier molecular flexibility index (Phi) is 17.1. The number of aromatic nitrogens is 4. The van der Waals surface area contributed by atoms with E-state index in [1.807, 2.05) is 39.0 Å². The Morgan fingerprint density at radius 2 is 0.967 bits per heavy atom. The number of rotatable bonds is 10. The largest absolute Gasteiger partial charge is 1.00 e. The number of likely N-dealkylation sites (tertiary alicyclic amines) is 2. The second-order valence-corrected chi connectivity index (χ2v) is 15.3. The summed E-state index contributed by atoms with van der Waals surface area (Å²) in [6.45, 7) is 9.15. The van der Waals surface area contributed by atoms with Gasteiger partial charge in [0.2, 0.25) is 11.8 Å². The van der Waals surface area contributed by atoms with Crippen LogP contribution in [0.15, 0.2) is 85.5 Å². The molecule has 4 saturated heterocycles. The van der Waals surface area contributed by atoms with Crippen LogP contribution in [0.3, 0.4) is 0 Å². The van der Waals surface area contributed by atoms with Crippen molar-refractivity contribution in [2.75, 3.05) is 109 Å². The van der Waals surface area contributed by atoms with Crippen molar-refractivity contribution in [1.29, 1.82) is 0 Å². The minimum Gasteiger partial charge on any atom is -0.870 e. The Labute approximate surface area is 368 Å². The Morgan fingerprint density at radius 3 is 1.33 bits per heavy atom. The van der Waals surface area contributed by atoms with E-state index in [0.29, 0.717) is 71.1 Å². The summed E-state index contributed by atoms with van der Waals surface area (Å²) >= 11 is 0. The number of hydrogen-bond acceptors (Lipinski definition) is 14. The first-order valence-electron chi connectivity index (χ1n) is 20.3. The molecule has 4 fully saturated rings. The number of nitrogens with zero attached hydrogens (tertiary/aromatic N) is 10. The van der Waals surface area contributed by atoms with E-state index in [9.17, 15) is 19.2 Å². The minimum absolute atomic E-state index is 0. The number of carbonyl (C=O) groups is 4. The van der Waals surface area contributed by atoms with E-state index < -0.39 is 5.97 Å². The first-order chi connectivity index (χ1) is 28.7. The zero-order valence-electron chi connectivity index (χ0n) is 35.0. The van der Waals surface area contributed by atoms with E-state index >= 15 is 0 Å². The van der Waals surface area contributed by atoms with Crippen LogP contribution in [0.2, 0.25) is 0 Å². The molecule has 2 N–H and O–H groups in total. The van der Waals surface area contributed by atoms with Crippen LogP contribution in [0, 0.1) is 11.8 Å². The summed E-state index contributed by atoms with van der Waals surface area (Å²) in [5, 5.41) is 9.10. The average Bonchev–Trinajstić information content (AvgIpc) is 3.97. The molecule has 4 aliphatic heterocycles. The van der Waals surface area contributed by atoms with Gasteiger partial charge in [-0.25, -0.2) is 19.9 Å². The van der Waals surface area contributed by atoms with Gasteiger partial charge in [0.15, 0.2) is 11.6 Å². The number of carbonyl (C=O) groups excluding carboxylic acids is 3. The summed E-state index contributed by atoms with van der Waals surface area (Å²) in [6, 6.07) is 20.0. The maximum atomic E-state index is 12.7. The summed E-state index contributed by atoms with van der Waals surface area (Å²) in [6.07, 6.45) is 8.33. The van der Waals surface area contributed by atoms with Gasteiger partial charge in [0, 0.05) is 113 Å². The van der Waals surface area contributed by atoms with E-state index in [4.69, 9.17) is 9.84 Å². The molecule has 2 atom stereocenters. The molecule has 0 spiro atoms. The maximum absolute atomic E-state index is 12.7. The summed E-state index contributed by atoms with van der Waals surface area (Å²) < 4.78 is 4.82. The van der Waals surface area contributed by atoms with E-state index in [1.54, 1.807) is 36.9 Å². The van der Waals surface area contributed by atoms with Gasteiger partial charge in [-0.1, -0.05) is 0 Å². The van der Waals surface area contributed by atoms with Crippen molar-refractivity contribution in [3.05, 3.63) is 85.5 Å². The first kappa shape index (κ1) is 46.6. The van der Waals surface area contributed by atoms with Gasteiger partial charge < -0.3 is 34.9 Å². The maximum Gasteiger partial charge on any atom is 1.00 e. The van der Waals surface area contributed by atoms with Crippen LogP contribution >= 0.6 is 0 Å². The van der Waals surface area contributed by atoms with Gasteiger partial charge in [0.1, 0.15) is 0 Å². The molecule has 17 nitrogen and oxygen atoms in total. The summed E-state index contributed by atoms with van der Waals surface area (Å²) in [5.41, 5.74) is 4.24. The standard InChI is InChI=1S/C22H27N5O3.C21H25N5O3.Li.H2O/c1-30-22(29)18-7-10-25(15-18)16-20(28)27-13-11-26(12-14-27)19-5-3-17(4-6-19)21-23-8-2-9-24-21;27-19(15-24-9-6-17(14-24)21(28)29)26-12-10-25(11-13-26)18-4-2-16(3-5-18)20-22-7-1-8-23-20;;/h2-6,8-9,18H,7,10-16H2,1H3;1-5,7-8,17H,6,9-15H2,(H,28,29);;1H2/q;;+1;/p-1/t18-;17-;;/m11../s1. The molecule has 0 radical (unpaired) electrons. The fourth-order valence-electron chi connectivity index (χ4n) is 8.06. The van der Waals surface area contributed by atoms with Crippen molar-refractivity contribution in [3.63, 3.8) is 0 Å². The predicted molar refractivity (Wildman–Crippen MR) is 223 cm³/mol. The Hall–Kier alpha value is -5.44.